The van der Waals surface area contributed by atoms with E-state index >= 15 is 0 Å². The van der Waals surface area contributed by atoms with Gasteiger partial charge in [0.25, 0.3) is 0 Å². The molecule has 1 saturated heterocycles. The Kier molecular flexibility index (Phi) is 4.49. The normalized spacial score (nSPS) is 19.7. The number of aliphatic hydroxyl groups excluding tert-OH is 1. The number of rotatable bonds is 2. The van der Waals surface area contributed by atoms with Gasteiger partial charge in [0.1, 0.15) is 5.82 Å². The van der Waals surface area contributed by atoms with Crippen molar-refractivity contribution in [2.45, 2.75) is 12.8 Å². The zero-order valence-corrected chi connectivity index (χ0v) is 10.9. The molecule has 18 heavy (non-hydrogen) atoms. The van der Waals surface area contributed by atoms with Gasteiger partial charge in [0.2, 0.25) is 0 Å². The van der Waals surface area contributed by atoms with Crippen molar-refractivity contribution in [2.24, 2.45) is 5.92 Å². The number of anilines is 1. The van der Waals surface area contributed by atoms with Gasteiger partial charge in [0.05, 0.1) is 0 Å². The maximum Gasteiger partial charge on any atom is 0.173 e. The molecule has 1 aliphatic heterocycles. The van der Waals surface area contributed by atoms with E-state index in [1.54, 1.807) is 12.1 Å². The van der Waals surface area contributed by atoms with Crippen LogP contribution in [0.5, 0.6) is 0 Å². The van der Waals surface area contributed by atoms with Gasteiger partial charge in [-0.15, -0.1) is 0 Å². The highest BCUT2D eigenvalue weighted by Crippen LogP contribution is 2.17. The van der Waals surface area contributed by atoms with E-state index in [1.807, 2.05) is 0 Å². The highest BCUT2D eigenvalue weighted by molar-refractivity contribution is 7.80. The van der Waals surface area contributed by atoms with Crippen LogP contribution in [0.15, 0.2) is 24.3 Å². The number of thiocarbonyl (C=S) groups is 1. The quantitative estimate of drug-likeness (QED) is 0.806. The molecule has 1 heterocycles. The van der Waals surface area contributed by atoms with Gasteiger partial charge in [0, 0.05) is 25.4 Å². The van der Waals surface area contributed by atoms with Gasteiger partial charge >= 0.3 is 0 Å². The highest BCUT2D eigenvalue weighted by atomic mass is 32.1. The third-order valence-electron chi connectivity index (χ3n) is 3.16. The summed E-state index contributed by atoms with van der Waals surface area (Å²) in [5.74, 6) is 0.0384. The second-order valence-electron chi connectivity index (χ2n) is 4.57. The third kappa shape index (κ3) is 3.40. The van der Waals surface area contributed by atoms with Crippen molar-refractivity contribution < 1.29 is 9.50 Å². The number of hydrogen-bond acceptors (Lipinski definition) is 2. The number of aliphatic hydroxyl groups is 1. The predicted octanol–water partition coefficient (Wildman–Crippen LogP) is 2.23. The molecule has 0 radical (unpaired) electrons. The molecule has 1 aromatic rings. The molecule has 5 heteroatoms. The lowest BCUT2D eigenvalue weighted by atomic mass is 9.99. The standard InChI is InChI=1S/C13H17FN2OS/c14-11-3-5-12(6-4-11)15-13(18)16-7-1-2-10(8-16)9-17/h3-6,10,17H,1-2,7-9H2,(H,15,18)/t10-/m0/s1. The molecular weight excluding hydrogens is 251 g/mol. The van der Waals surface area contributed by atoms with Crippen LogP contribution in [0.2, 0.25) is 0 Å². The summed E-state index contributed by atoms with van der Waals surface area (Å²) in [6, 6.07) is 6.12. The number of benzene rings is 1. The van der Waals surface area contributed by atoms with Gasteiger partial charge in [0.15, 0.2) is 5.11 Å². The molecule has 0 aliphatic carbocycles. The molecule has 1 atom stereocenters. The summed E-state index contributed by atoms with van der Waals surface area (Å²) < 4.78 is 12.8. The van der Waals surface area contributed by atoms with Crippen molar-refractivity contribution in [3.05, 3.63) is 30.1 Å². The average Bonchev–Trinajstić information content (AvgIpc) is 2.41. The Balaban J connectivity index is 1.93. The minimum atomic E-state index is -0.259. The van der Waals surface area contributed by atoms with E-state index in [4.69, 9.17) is 12.2 Å². The second-order valence-corrected chi connectivity index (χ2v) is 4.96. The summed E-state index contributed by atoms with van der Waals surface area (Å²) in [6.07, 6.45) is 2.09. The number of halogens is 1. The van der Waals surface area contributed by atoms with Crippen LogP contribution in [-0.4, -0.2) is 34.8 Å². The maximum absolute atomic E-state index is 12.8. The summed E-state index contributed by atoms with van der Waals surface area (Å²) >= 11 is 5.33. The topological polar surface area (TPSA) is 35.5 Å². The molecule has 0 bridgehead atoms. The molecule has 1 fully saturated rings. The van der Waals surface area contributed by atoms with E-state index in [1.165, 1.54) is 12.1 Å². The smallest absolute Gasteiger partial charge is 0.173 e. The molecule has 0 saturated carbocycles. The zero-order chi connectivity index (χ0) is 13.0. The highest BCUT2D eigenvalue weighted by Gasteiger charge is 2.20. The lowest BCUT2D eigenvalue weighted by Gasteiger charge is -2.33. The van der Waals surface area contributed by atoms with E-state index in [0.29, 0.717) is 11.0 Å². The van der Waals surface area contributed by atoms with Crippen LogP contribution in [0.1, 0.15) is 12.8 Å². The number of nitrogens with zero attached hydrogens (tertiary/aromatic N) is 1. The summed E-state index contributed by atoms with van der Waals surface area (Å²) in [5.41, 5.74) is 0.785. The lowest BCUT2D eigenvalue weighted by molar-refractivity contribution is 0.162. The van der Waals surface area contributed by atoms with E-state index in [0.717, 1.165) is 31.6 Å². The van der Waals surface area contributed by atoms with Crippen molar-refractivity contribution >= 4 is 23.0 Å². The Morgan fingerprint density at radius 3 is 2.83 bits per heavy atom. The summed E-state index contributed by atoms with van der Waals surface area (Å²) in [7, 11) is 0. The van der Waals surface area contributed by atoms with Crippen LogP contribution in [0.3, 0.4) is 0 Å². The molecule has 0 spiro atoms. The fraction of sp³-hybridized carbons (Fsp3) is 0.462. The average molecular weight is 268 g/mol. The minimum Gasteiger partial charge on any atom is -0.396 e. The molecule has 0 aromatic heterocycles. The Morgan fingerprint density at radius 2 is 2.17 bits per heavy atom. The van der Waals surface area contributed by atoms with Crippen LogP contribution < -0.4 is 5.32 Å². The van der Waals surface area contributed by atoms with Crippen molar-refractivity contribution in [1.29, 1.82) is 0 Å². The van der Waals surface area contributed by atoms with Gasteiger partial charge in [-0.2, -0.15) is 0 Å². The van der Waals surface area contributed by atoms with Crippen molar-refractivity contribution in [3.8, 4) is 0 Å². The number of piperidine rings is 1. The first-order chi connectivity index (χ1) is 8.69. The first kappa shape index (κ1) is 13.2. The SMILES string of the molecule is OC[C@H]1CCCN(C(=S)Nc2ccc(F)cc2)C1. The molecule has 2 rings (SSSR count). The molecule has 1 aliphatic rings. The Labute approximate surface area is 112 Å². The Morgan fingerprint density at radius 1 is 1.44 bits per heavy atom. The molecule has 0 amide bonds. The molecular formula is C13H17FN2OS. The summed E-state index contributed by atoms with van der Waals surface area (Å²) in [6.45, 7) is 1.89. The maximum atomic E-state index is 12.8. The minimum absolute atomic E-state index is 0.204. The van der Waals surface area contributed by atoms with Crippen LogP contribution in [-0.2, 0) is 0 Å². The van der Waals surface area contributed by atoms with Crippen LogP contribution in [0.4, 0.5) is 10.1 Å². The Bertz CT molecular complexity index is 410. The van der Waals surface area contributed by atoms with Crippen molar-refractivity contribution in [1.82, 2.24) is 4.90 Å². The third-order valence-corrected chi connectivity index (χ3v) is 3.52. The molecule has 2 N–H and O–H groups in total. The monoisotopic (exact) mass is 268 g/mol. The van der Waals surface area contributed by atoms with Crippen LogP contribution in [0, 0.1) is 11.7 Å². The molecule has 1 aromatic carbocycles. The fourth-order valence-electron chi connectivity index (χ4n) is 2.13. The number of nitrogens with one attached hydrogen (secondary N) is 1. The molecule has 0 unspecified atom stereocenters. The molecule has 3 nitrogen and oxygen atoms in total. The zero-order valence-electron chi connectivity index (χ0n) is 10.1. The fourth-order valence-corrected chi connectivity index (χ4v) is 2.42. The lowest BCUT2D eigenvalue weighted by Crippen LogP contribution is -2.43. The first-order valence-corrected chi connectivity index (χ1v) is 6.52. The Hall–Kier alpha value is -1.20. The summed E-state index contributed by atoms with van der Waals surface area (Å²) in [4.78, 5) is 2.06. The van der Waals surface area contributed by atoms with E-state index in [9.17, 15) is 9.50 Å². The van der Waals surface area contributed by atoms with Crippen LogP contribution in [0.25, 0.3) is 0 Å². The van der Waals surface area contributed by atoms with Crippen LogP contribution >= 0.6 is 12.2 Å². The second kappa shape index (κ2) is 6.11. The number of likely N-dealkylation sites (tertiary alicyclic amines) is 1. The van der Waals surface area contributed by atoms with Gasteiger partial charge in [-0.1, -0.05) is 0 Å². The van der Waals surface area contributed by atoms with Crippen molar-refractivity contribution in [2.75, 3.05) is 25.0 Å². The largest absolute Gasteiger partial charge is 0.396 e. The van der Waals surface area contributed by atoms with E-state index in [-0.39, 0.29) is 12.4 Å². The van der Waals surface area contributed by atoms with Gasteiger partial charge in [-0.3, -0.25) is 0 Å². The van der Waals surface area contributed by atoms with E-state index in [2.05, 4.69) is 10.2 Å². The molecule has 98 valence electrons. The summed E-state index contributed by atoms with van der Waals surface area (Å²) in [5, 5.41) is 12.9. The van der Waals surface area contributed by atoms with Gasteiger partial charge in [-0.25, -0.2) is 4.39 Å². The predicted molar refractivity (Wildman–Crippen MR) is 74.0 cm³/mol. The number of hydrogen-bond donors (Lipinski definition) is 2. The van der Waals surface area contributed by atoms with Gasteiger partial charge < -0.3 is 15.3 Å². The van der Waals surface area contributed by atoms with Gasteiger partial charge in [-0.05, 0) is 55.2 Å². The first-order valence-electron chi connectivity index (χ1n) is 6.11. The van der Waals surface area contributed by atoms with E-state index < -0.39 is 0 Å². The van der Waals surface area contributed by atoms with Crippen molar-refractivity contribution in [3.63, 3.8) is 0 Å².